The SMILES string of the molecule is COC(=O)C12CCCC3CC1CC(C14CC5CC(C(=O)N(C)C)CC(C1)C(C5)C4)(C3)C2. The van der Waals surface area contributed by atoms with Gasteiger partial charge in [-0.1, -0.05) is 12.8 Å². The molecule has 31 heavy (non-hydrogen) atoms. The highest BCUT2D eigenvalue weighted by Crippen LogP contribution is 2.78. The number of amides is 1. The number of ether oxygens (including phenoxy) is 1. The molecule has 1 amide bonds. The van der Waals surface area contributed by atoms with E-state index >= 15 is 0 Å². The summed E-state index contributed by atoms with van der Waals surface area (Å²) >= 11 is 0. The van der Waals surface area contributed by atoms with Crippen LogP contribution in [-0.4, -0.2) is 38.0 Å². The van der Waals surface area contributed by atoms with E-state index in [9.17, 15) is 9.59 Å². The molecule has 0 aromatic rings. The second-order valence-corrected chi connectivity index (χ2v) is 13.1. The molecule has 0 radical (unpaired) electrons. The minimum Gasteiger partial charge on any atom is -0.469 e. The molecule has 0 heterocycles. The molecule has 0 spiro atoms. The van der Waals surface area contributed by atoms with Crippen LogP contribution in [0, 0.1) is 51.8 Å². The quantitative estimate of drug-likeness (QED) is 0.592. The fourth-order valence-electron chi connectivity index (χ4n) is 10.8. The first-order chi connectivity index (χ1) is 14.8. The fourth-order valence-corrected chi connectivity index (χ4v) is 10.8. The van der Waals surface area contributed by atoms with Crippen molar-refractivity contribution in [3.63, 3.8) is 0 Å². The molecule has 6 rings (SSSR count). The number of hydrogen-bond donors (Lipinski definition) is 0. The second kappa shape index (κ2) is 6.73. The van der Waals surface area contributed by atoms with Gasteiger partial charge in [0.2, 0.25) is 5.91 Å². The Morgan fingerprint density at radius 1 is 0.871 bits per heavy atom. The third kappa shape index (κ3) is 2.72. The average Bonchev–Trinajstić information content (AvgIpc) is 3.02. The first-order valence-corrected chi connectivity index (χ1v) is 13.1. The van der Waals surface area contributed by atoms with Gasteiger partial charge in [-0.25, -0.2) is 0 Å². The molecule has 0 saturated heterocycles. The average molecular weight is 428 g/mol. The number of esters is 1. The number of carbonyl (C=O) groups is 2. The Morgan fingerprint density at radius 3 is 2.35 bits per heavy atom. The normalized spacial score (nSPS) is 52.0. The van der Waals surface area contributed by atoms with Crippen LogP contribution in [0.1, 0.15) is 83.5 Å². The molecular formula is C27H41NO3. The van der Waals surface area contributed by atoms with E-state index in [2.05, 4.69) is 0 Å². The van der Waals surface area contributed by atoms with Gasteiger partial charge in [0.25, 0.3) is 0 Å². The molecule has 0 aromatic heterocycles. The van der Waals surface area contributed by atoms with E-state index in [4.69, 9.17) is 4.74 Å². The van der Waals surface area contributed by atoms with E-state index in [1.807, 2.05) is 19.0 Å². The zero-order valence-corrected chi connectivity index (χ0v) is 19.8. The van der Waals surface area contributed by atoms with Gasteiger partial charge >= 0.3 is 5.97 Å². The molecule has 172 valence electrons. The Hall–Kier alpha value is -1.06. The Kier molecular flexibility index (Phi) is 4.46. The van der Waals surface area contributed by atoms with Gasteiger partial charge in [0, 0.05) is 20.0 Å². The fraction of sp³-hybridized carbons (Fsp3) is 0.926. The Bertz CT molecular complexity index is 789. The Morgan fingerprint density at radius 2 is 1.61 bits per heavy atom. The molecule has 4 nitrogen and oxygen atoms in total. The standard InChI is InChI=1S/C27H41NO3/c1-28(2)23(29)19-7-18-8-20-13-25(12-18,14-21(20)10-19)26-11-17-5-4-6-27(16-26,24(30)31-3)22(9-17)15-26/h17-22H,4-16H2,1-3H3. The van der Waals surface area contributed by atoms with Crippen LogP contribution >= 0.6 is 0 Å². The van der Waals surface area contributed by atoms with Crippen molar-refractivity contribution in [2.75, 3.05) is 21.2 Å². The maximum absolute atomic E-state index is 13.2. The maximum Gasteiger partial charge on any atom is 0.312 e. The van der Waals surface area contributed by atoms with Gasteiger partial charge in [-0.05, 0) is 111 Å². The molecule has 9 unspecified atom stereocenters. The molecule has 4 heteroatoms. The predicted molar refractivity (Wildman–Crippen MR) is 119 cm³/mol. The minimum absolute atomic E-state index is 0.112. The molecule has 9 atom stereocenters. The van der Waals surface area contributed by atoms with Gasteiger partial charge in [0.15, 0.2) is 0 Å². The van der Waals surface area contributed by atoms with E-state index in [1.54, 1.807) is 7.11 Å². The zero-order valence-electron chi connectivity index (χ0n) is 19.8. The van der Waals surface area contributed by atoms with Gasteiger partial charge in [0.05, 0.1) is 12.5 Å². The van der Waals surface area contributed by atoms with Crippen molar-refractivity contribution in [3.8, 4) is 0 Å². The van der Waals surface area contributed by atoms with Crippen LogP contribution in [0.25, 0.3) is 0 Å². The highest BCUT2D eigenvalue weighted by atomic mass is 16.5. The van der Waals surface area contributed by atoms with E-state index in [1.165, 1.54) is 57.8 Å². The maximum atomic E-state index is 13.2. The van der Waals surface area contributed by atoms with Gasteiger partial charge in [-0.3, -0.25) is 9.59 Å². The van der Waals surface area contributed by atoms with Gasteiger partial charge < -0.3 is 9.64 Å². The molecule has 6 aliphatic carbocycles. The van der Waals surface area contributed by atoms with Crippen LogP contribution in [0.2, 0.25) is 0 Å². The predicted octanol–water partition coefficient (Wildman–Crippen LogP) is 5.06. The molecular weight excluding hydrogens is 386 g/mol. The summed E-state index contributed by atoms with van der Waals surface area (Å²) in [6, 6.07) is 0. The van der Waals surface area contributed by atoms with E-state index < -0.39 is 0 Å². The number of rotatable bonds is 3. The lowest BCUT2D eigenvalue weighted by Gasteiger charge is -2.55. The topological polar surface area (TPSA) is 46.6 Å². The largest absolute Gasteiger partial charge is 0.469 e. The molecule has 0 aromatic carbocycles. The summed E-state index contributed by atoms with van der Waals surface area (Å²) in [5.74, 6) is 4.36. The summed E-state index contributed by atoms with van der Waals surface area (Å²) in [6.07, 6.45) is 16.3. The summed E-state index contributed by atoms with van der Waals surface area (Å²) in [5, 5.41) is 0. The van der Waals surface area contributed by atoms with Crippen molar-refractivity contribution >= 4 is 11.9 Å². The van der Waals surface area contributed by atoms with Crippen molar-refractivity contribution in [2.24, 2.45) is 51.8 Å². The zero-order chi connectivity index (χ0) is 21.6. The van der Waals surface area contributed by atoms with Crippen LogP contribution in [0.5, 0.6) is 0 Å². The first kappa shape index (κ1) is 20.5. The Balaban J connectivity index is 1.35. The van der Waals surface area contributed by atoms with E-state index in [0.717, 1.165) is 43.4 Å². The van der Waals surface area contributed by atoms with Crippen molar-refractivity contribution in [1.29, 1.82) is 0 Å². The van der Waals surface area contributed by atoms with Crippen molar-refractivity contribution in [1.82, 2.24) is 4.90 Å². The van der Waals surface area contributed by atoms with Crippen LogP contribution in [0.15, 0.2) is 0 Å². The first-order valence-electron chi connectivity index (χ1n) is 13.1. The van der Waals surface area contributed by atoms with Crippen molar-refractivity contribution < 1.29 is 14.3 Å². The molecule has 6 aliphatic rings. The monoisotopic (exact) mass is 427 g/mol. The summed E-state index contributed by atoms with van der Waals surface area (Å²) in [4.78, 5) is 27.9. The lowest BCUT2D eigenvalue weighted by Crippen LogP contribution is -2.46. The molecule has 6 bridgehead atoms. The number of hydrogen-bond acceptors (Lipinski definition) is 3. The molecule has 0 aliphatic heterocycles. The minimum atomic E-state index is -0.192. The summed E-state index contributed by atoms with van der Waals surface area (Å²) in [7, 11) is 5.47. The number of carbonyl (C=O) groups excluding carboxylic acids is 2. The van der Waals surface area contributed by atoms with E-state index in [-0.39, 0.29) is 17.3 Å². The molecule has 6 saturated carbocycles. The highest BCUT2D eigenvalue weighted by molar-refractivity contribution is 5.79. The Labute approximate surface area is 187 Å². The number of methoxy groups -OCH3 is 1. The molecule has 0 N–H and O–H groups in total. The number of nitrogens with zero attached hydrogens (tertiary/aromatic N) is 1. The lowest BCUT2D eigenvalue weighted by atomic mass is 9.50. The highest BCUT2D eigenvalue weighted by Gasteiger charge is 2.71. The summed E-state index contributed by atoms with van der Waals surface area (Å²) in [5.41, 5.74) is 0.601. The van der Waals surface area contributed by atoms with Gasteiger partial charge in [0.1, 0.15) is 0 Å². The molecule has 6 fully saturated rings. The van der Waals surface area contributed by atoms with Crippen LogP contribution in [0.4, 0.5) is 0 Å². The van der Waals surface area contributed by atoms with Crippen LogP contribution in [0.3, 0.4) is 0 Å². The van der Waals surface area contributed by atoms with Crippen LogP contribution < -0.4 is 0 Å². The number of fused-ring (bicyclic) bond motifs is 5. The van der Waals surface area contributed by atoms with Crippen molar-refractivity contribution in [2.45, 2.75) is 83.5 Å². The summed E-state index contributed by atoms with van der Waals surface area (Å²) in [6.45, 7) is 0. The summed E-state index contributed by atoms with van der Waals surface area (Å²) < 4.78 is 5.48. The third-order valence-electron chi connectivity index (χ3n) is 11.6. The van der Waals surface area contributed by atoms with Crippen molar-refractivity contribution in [3.05, 3.63) is 0 Å². The van der Waals surface area contributed by atoms with Crippen LogP contribution in [-0.2, 0) is 14.3 Å². The smallest absolute Gasteiger partial charge is 0.312 e. The van der Waals surface area contributed by atoms with E-state index in [0.29, 0.717) is 28.6 Å². The second-order valence-electron chi connectivity index (χ2n) is 13.1. The van der Waals surface area contributed by atoms with Gasteiger partial charge in [-0.2, -0.15) is 0 Å². The third-order valence-corrected chi connectivity index (χ3v) is 11.6. The lowest BCUT2D eigenvalue weighted by molar-refractivity contribution is -0.156. The van der Waals surface area contributed by atoms with Gasteiger partial charge in [-0.15, -0.1) is 0 Å².